The zero-order valence-corrected chi connectivity index (χ0v) is 17.2. The Morgan fingerprint density at radius 2 is 1.81 bits per heavy atom. The molecule has 0 saturated heterocycles. The second-order valence-corrected chi connectivity index (χ2v) is 8.29. The Bertz CT molecular complexity index is 1080. The Hall–Kier alpha value is -1.66. The molecule has 1 aromatic heterocycles. The molecule has 0 N–H and O–H groups in total. The molecule has 26 heavy (non-hydrogen) atoms. The van der Waals surface area contributed by atoms with Crippen molar-refractivity contribution in [2.75, 3.05) is 0 Å². The Morgan fingerprint density at radius 3 is 2.50 bits per heavy atom. The number of hydrogen-bond acceptors (Lipinski definition) is 0. The predicted octanol–water partition coefficient (Wildman–Crippen LogP) is 5.95. The fraction of sp³-hybridized carbons (Fsp3) is 0.211. The third-order valence-corrected chi connectivity index (χ3v) is 5.96. The van der Waals surface area contributed by atoms with Crippen molar-refractivity contribution in [1.82, 2.24) is 4.48 Å². The molecule has 0 atom stereocenters. The van der Waals surface area contributed by atoms with Gasteiger partial charge in [0.25, 0.3) is 0 Å². The van der Waals surface area contributed by atoms with Gasteiger partial charge in [-0.25, -0.2) is 0 Å². The van der Waals surface area contributed by atoms with Crippen LogP contribution in [0.15, 0.2) is 46.1 Å². The lowest BCUT2D eigenvalue weighted by atomic mass is 9.84. The van der Waals surface area contributed by atoms with Crippen molar-refractivity contribution in [3.8, 4) is 0 Å². The van der Waals surface area contributed by atoms with E-state index in [-0.39, 0.29) is 0 Å². The van der Waals surface area contributed by atoms with E-state index in [1.807, 2.05) is 38.1 Å². The van der Waals surface area contributed by atoms with Crippen molar-refractivity contribution < 1.29 is 13.1 Å². The normalized spacial score (nSPS) is 18.2. The number of benzene rings is 1. The second-order valence-electron chi connectivity index (χ2n) is 6.96. The predicted molar refractivity (Wildman–Crippen MR) is 107 cm³/mol. The third kappa shape index (κ3) is 2.24. The van der Waals surface area contributed by atoms with Gasteiger partial charge in [-0.05, 0) is 56.3 Å². The summed E-state index contributed by atoms with van der Waals surface area (Å²) in [7, 11) is 0. The van der Waals surface area contributed by atoms with Crippen molar-refractivity contribution in [3.05, 3.63) is 73.6 Å². The molecule has 0 radical (unpaired) electrons. The van der Waals surface area contributed by atoms with E-state index in [4.69, 9.17) is 11.6 Å². The lowest BCUT2D eigenvalue weighted by Crippen LogP contribution is -2.51. The summed E-state index contributed by atoms with van der Waals surface area (Å²) in [6, 6.07) is 7.35. The maximum absolute atomic E-state index is 15.5. The molecule has 3 heterocycles. The van der Waals surface area contributed by atoms with Gasteiger partial charge >= 0.3 is 6.97 Å². The van der Waals surface area contributed by atoms with Crippen molar-refractivity contribution in [3.63, 3.8) is 0 Å². The van der Waals surface area contributed by atoms with E-state index in [1.165, 1.54) is 8.96 Å². The first-order valence-electron chi connectivity index (χ1n) is 8.37. The van der Waals surface area contributed by atoms with Gasteiger partial charge in [-0.15, -0.1) is 0 Å². The summed E-state index contributed by atoms with van der Waals surface area (Å²) in [5, 5.41) is 0.538. The van der Waals surface area contributed by atoms with E-state index < -0.39 is 6.97 Å². The molecular formula is C19H17BBrClF2N2. The van der Waals surface area contributed by atoms with Crippen LogP contribution in [0.3, 0.4) is 0 Å². The molecule has 7 heteroatoms. The smallest absolute Gasteiger partial charge is 0.393 e. The Morgan fingerprint density at radius 1 is 1.12 bits per heavy atom. The minimum atomic E-state index is -3.96. The van der Waals surface area contributed by atoms with Crippen LogP contribution in [0.5, 0.6) is 0 Å². The second kappa shape index (κ2) is 5.67. The number of allylic oxidation sites excluding steroid dienone is 2. The first kappa shape index (κ1) is 17.7. The van der Waals surface area contributed by atoms with Crippen LogP contribution in [0.25, 0.3) is 5.57 Å². The summed E-state index contributed by atoms with van der Waals surface area (Å²) in [5.74, 6) is 0. The first-order valence-corrected chi connectivity index (χ1v) is 9.54. The lowest BCUT2D eigenvalue weighted by molar-refractivity contribution is -0.363. The molecule has 2 aliphatic rings. The standard InChI is InChI=1S/C19H17BBrClF2N2/c1-10-7-12(3)25-18(10)17(15-9-14(21)5-6-16(15)22)19-11(2)8-13(4)26(19)20(25,23)24/h5-9H,1-4H3. The number of hydrogen-bond donors (Lipinski definition) is 0. The highest BCUT2D eigenvalue weighted by Gasteiger charge is 2.55. The molecule has 2 aliphatic heterocycles. The number of nitrogens with zero attached hydrogens (tertiary/aromatic N) is 2. The van der Waals surface area contributed by atoms with Crippen LogP contribution in [0.2, 0.25) is 5.02 Å². The van der Waals surface area contributed by atoms with Gasteiger partial charge in [0, 0.05) is 39.3 Å². The first-order chi connectivity index (χ1) is 12.1. The van der Waals surface area contributed by atoms with Crippen LogP contribution in [0.1, 0.15) is 36.4 Å². The molecule has 2 aromatic rings. The maximum Gasteiger partial charge on any atom is 0.737 e. The van der Waals surface area contributed by atoms with Crippen molar-refractivity contribution in [1.29, 1.82) is 0 Å². The zero-order valence-electron chi connectivity index (χ0n) is 14.9. The molecule has 2 nitrogen and oxygen atoms in total. The van der Waals surface area contributed by atoms with Gasteiger partial charge in [0.2, 0.25) is 0 Å². The zero-order chi connectivity index (χ0) is 19.0. The fourth-order valence-electron chi connectivity index (χ4n) is 4.24. The van der Waals surface area contributed by atoms with E-state index >= 15 is 8.63 Å². The third-order valence-electron chi connectivity index (χ3n) is 5.13. The molecule has 4 rings (SSSR count). The van der Waals surface area contributed by atoms with Gasteiger partial charge < -0.3 is 17.6 Å². The topological polar surface area (TPSA) is 7.94 Å². The maximum atomic E-state index is 15.5. The molecule has 134 valence electrons. The Kier molecular flexibility index (Phi) is 3.87. The molecular weight excluding hydrogens is 420 g/mol. The molecule has 0 saturated carbocycles. The van der Waals surface area contributed by atoms with E-state index in [2.05, 4.69) is 15.9 Å². The van der Waals surface area contributed by atoms with Crippen molar-refractivity contribution in [2.45, 2.75) is 27.7 Å². The quantitative estimate of drug-likeness (QED) is 0.487. The summed E-state index contributed by atoms with van der Waals surface area (Å²) >= 11 is 9.99. The van der Waals surface area contributed by atoms with Gasteiger partial charge in [-0.3, -0.25) is 0 Å². The molecule has 1 aromatic carbocycles. The number of rotatable bonds is 1. The molecule has 0 unspecified atom stereocenters. The highest BCUT2D eigenvalue weighted by Crippen LogP contribution is 2.45. The number of aryl methyl sites for hydroxylation is 2. The van der Waals surface area contributed by atoms with Gasteiger partial charge in [-0.1, -0.05) is 27.5 Å². The van der Waals surface area contributed by atoms with Crippen LogP contribution < -0.4 is 0 Å². The average Bonchev–Trinajstić information content (AvgIpc) is 3.00. The van der Waals surface area contributed by atoms with Gasteiger partial charge in [0.05, 0.1) is 5.57 Å². The van der Waals surface area contributed by atoms with Gasteiger partial charge in [0.1, 0.15) is 5.71 Å². The Labute approximate surface area is 164 Å². The fourth-order valence-corrected chi connectivity index (χ4v) is 4.82. The molecule has 0 bridgehead atoms. The van der Waals surface area contributed by atoms with E-state index in [1.54, 1.807) is 19.9 Å². The van der Waals surface area contributed by atoms with E-state index in [0.717, 1.165) is 26.7 Å². The van der Waals surface area contributed by atoms with Crippen LogP contribution in [-0.4, -0.2) is 21.6 Å². The highest BCUT2D eigenvalue weighted by atomic mass is 79.9. The van der Waals surface area contributed by atoms with Crippen LogP contribution in [0.4, 0.5) is 8.63 Å². The van der Waals surface area contributed by atoms with Gasteiger partial charge in [-0.2, -0.15) is 0 Å². The number of fused-ring (bicyclic) bond motifs is 2. The SMILES string of the molecule is CC1=CC(C)=[N+]2C1=C(c1cc(Br)ccc1Cl)c1c(C)cc(C)n1[B-]2(F)F. The van der Waals surface area contributed by atoms with E-state index in [9.17, 15) is 0 Å². The Balaban J connectivity index is 2.22. The summed E-state index contributed by atoms with van der Waals surface area (Å²) < 4.78 is 34.3. The minimum absolute atomic E-state index is 0.538. The summed E-state index contributed by atoms with van der Waals surface area (Å²) in [6.45, 7) is 3.23. The monoisotopic (exact) mass is 436 g/mol. The lowest BCUT2D eigenvalue weighted by Gasteiger charge is -2.34. The van der Waals surface area contributed by atoms with E-state index in [0.29, 0.717) is 27.8 Å². The van der Waals surface area contributed by atoms with Crippen molar-refractivity contribution in [2.24, 2.45) is 0 Å². The molecule has 0 aliphatic carbocycles. The molecule has 0 fully saturated rings. The van der Waals surface area contributed by atoms with Crippen LogP contribution >= 0.6 is 27.5 Å². The summed E-state index contributed by atoms with van der Waals surface area (Å²) in [5.41, 5.74) is 5.31. The van der Waals surface area contributed by atoms with Crippen LogP contribution in [0, 0.1) is 13.8 Å². The van der Waals surface area contributed by atoms with Crippen LogP contribution in [-0.2, 0) is 0 Å². The molecule has 0 amide bonds. The summed E-state index contributed by atoms with van der Waals surface area (Å²) in [6.07, 6.45) is 1.81. The van der Waals surface area contributed by atoms with Gasteiger partial charge in [0.15, 0.2) is 5.70 Å². The molecule has 0 spiro atoms. The number of halogens is 4. The average molecular weight is 438 g/mol. The summed E-state index contributed by atoms with van der Waals surface area (Å²) in [4.78, 5) is 0. The van der Waals surface area contributed by atoms with Crippen molar-refractivity contribution >= 4 is 45.8 Å². The highest BCUT2D eigenvalue weighted by molar-refractivity contribution is 9.10. The largest absolute Gasteiger partial charge is 0.737 e. The number of aromatic nitrogens is 1. The minimum Gasteiger partial charge on any atom is -0.393 e.